The Hall–Kier alpha value is -2.29. The van der Waals surface area contributed by atoms with Crippen LogP contribution in [0, 0.1) is 17.1 Å². The number of rotatable bonds is 3. The minimum atomic E-state index is -0.342. The van der Waals surface area contributed by atoms with Gasteiger partial charge in [-0.25, -0.2) is 4.39 Å². The Kier molecular flexibility index (Phi) is 2.87. The van der Waals surface area contributed by atoms with Crippen LogP contribution in [-0.2, 0) is 6.54 Å². The van der Waals surface area contributed by atoms with E-state index in [1.165, 1.54) is 16.9 Å². The van der Waals surface area contributed by atoms with Crippen molar-refractivity contribution >= 4 is 0 Å². The molecule has 0 unspecified atom stereocenters. The van der Waals surface area contributed by atoms with Crippen LogP contribution in [-0.4, -0.2) is 20.2 Å². The molecule has 1 aromatic heterocycles. The molecule has 2 rings (SSSR count). The largest absolute Gasteiger partial charge is 0.207 e. The van der Waals surface area contributed by atoms with Gasteiger partial charge >= 0.3 is 0 Å². The van der Waals surface area contributed by atoms with Crippen molar-refractivity contribution in [3.8, 4) is 17.5 Å². The first-order valence-electron chi connectivity index (χ1n) is 4.70. The van der Waals surface area contributed by atoms with E-state index in [2.05, 4.69) is 15.4 Å². The summed E-state index contributed by atoms with van der Waals surface area (Å²) in [6.45, 7) is 0.388. The molecule has 0 aliphatic carbocycles. The van der Waals surface area contributed by atoms with Gasteiger partial charge in [0.1, 0.15) is 5.82 Å². The van der Waals surface area contributed by atoms with E-state index < -0.39 is 0 Å². The lowest BCUT2D eigenvalue weighted by molar-refractivity contribution is 0.531. The first-order chi connectivity index (χ1) is 7.79. The molecule has 0 bridgehead atoms. The lowest BCUT2D eigenvalue weighted by Crippen LogP contribution is -2.01. The van der Waals surface area contributed by atoms with Crippen LogP contribution in [0.3, 0.4) is 0 Å². The topological polar surface area (TPSA) is 67.4 Å². The molecule has 0 radical (unpaired) electrons. The summed E-state index contributed by atoms with van der Waals surface area (Å²) in [5, 5.41) is 20.0. The first-order valence-corrected chi connectivity index (χ1v) is 4.70. The second kappa shape index (κ2) is 4.49. The molecule has 80 valence electrons. The average molecular weight is 217 g/mol. The third-order valence-electron chi connectivity index (χ3n) is 1.96. The second-order valence-electron chi connectivity index (χ2n) is 3.13. The zero-order valence-electron chi connectivity index (χ0n) is 8.34. The van der Waals surface area contributed by atoms with E-state index in [4.69, 9.17) is 5.26 Å². The summed E-state index contributed by atoms with van der Waals surface area (Å²) in [5.41, 5.74) is 0.572. The molecule has 6 heteroatoms. The van der Waals surface area contributed by atoms with Gasteiger partial charge in [-0.05, 0) is 17.3 Å². The summed E-state index contributed by atoms with van der Waals surface area (Å²) in [4.78, 5) is 1.32. The highest BCUT2D eigenvalue weighted by atomic mass is 19.1. The van der Waals surface area contributed by atoms with Crippen molar-refractivity contribution in [3.63, 3.8) is 0 Å². The maximum absolute atomic E-state index is 12.9. The third kappa shape index (κ3) is 2.20. The predicted octanol–water partition coefficient (Wildman–Crippen LogP) is 1.39. The summed E-state index contributed by atoms with van der Waals surface area (Å²) < 4.78 is 12.9. The highest BCUT2D eigenvalue weighted by Crippen LogP contribution is 2.14. The molecular weight excluding hydrogens is 209 g/mol. The summed E-state index contributed by atoms with van der Waals surface area (Å²) in [6.07, 6.45) is 0.318. The van der Waals surface area contributed by atoms with Crippen molar-refractivity contribution in [2.75, 3.05) is 0 Å². The van der Waals surface area contributed by atoms with Crippen LogP contribution in [0.15, 0.2) is 24.3 Å². The normalized spacial score (nSPS) is 10.0. The minimum Gasteiger partial charge on any atom is -0.207 e. The standard InChI is InChI=1S/C10H8FN5/c11-9-4-1-3-8(7-9)10-13-15-16(14-10)6-2-5-12/h1,3-4,7H,2,6H2. The van der Waals surface area contributed by atoms with Gasteiger partial charge in [0, 0.05) is 5.56 Å². The van der Waals surface area contributed by atoms with Crippen molar-refractivity contribution < 1.29 is 4.39 Å². The predicted molar refractivity (Wildman–Crippen MR) is 53.4 cm³/mol. The minimum absolute atomic E-state index is 0.318. The molecule has 0 saturated carbocycles. The lowest BCUT2D eigenvalue weighted by atomic mass is 10.2. The van der Waals surface area contributed by atoms with Gasteiger partial charge in [0.25, 0.3) is 0 Å². The first kappa shape index (κ1) is 10.2. The van der Waals surface area contributed by atoms with Gasteiger partial charge in [-0.1, -0.05) is 12.1 Å². The number of benzene rings is 1. The molecule has 1 heterocycles. The number of halogens is 1. The van der Waals surface area contributed by atoms with Crippen molar-refractivity contribution in [3.05, 3.63) is 30.1 Å². The molecule has 0 aliphatic rings. The summed E-state index contributed by atoms with van der Waals surface area (Å²) in [7, 11) is 0. The van der Waals surface area contributed by atoms with Crippen LogP contribution in [0.25, 0.3) is 11.4 Å². The summed E-state index contributed by atoms with van der Waals surface area (Å²) >= 11 is 0. The van der Waals surface area contributed by atoms with E-state index in [1.807, 2.05) is 6.07 Å². The zero-order valence-corrected chi connectivity index (χ0v) is 8.34. The molecule has 0 saturated heterocycles. The fourth-order valence-electron chi connectivity index (χ4n) is 1.23. The quantitative estimate of drug-likeness (QED) is 0.779. The highest BCUT2D eigenvalue weighted by molar-refractivity contribution is 5.53. The maximum Gasteiger partial charge on any atom is 0.205 e. The van der Waals surface area contributed by atoms with Gasteiger partial charge in [-0.15, -0.1) is 10.2 Å². The van der Waals surface area contributed by atoms with Gasteiger partial charge in [-0.2, -0.15) is 10.1 Å². The Morgan fingerprint density at radius 2 is 2.31 bits per heavy atom. The van der Waals surface area contributed by atoms with Crippen LogP contribution in [0.1, 0.15) is 6.42 Å². The molecule has 0 spiro atoms. The SMILES string of the molecule is N#CCCn1nnc(-c2cccc(F)c2)n1. The fraction of sp³-hybridized carbons (Fsp3) is 0.200. The van der Waals surface area contributed by atoms with Crippen molar-refractivity contribution in [1.82, 2.24) is 20.2 Å². The van der Waals surface area contributed by atoms with Gasteiger partial charge in [0.2, 0.25) is 5.82 Å². The van der Waals surface area contributed by atoms with E-state index in [9.17, 15) is 4.39 Å². The molecule has 16 heavy (non-hydrogen) atoms. The van der Waals surface area contributed by atoms with E-state index in [-0.39, 0.29) is 5.82 Å². The Balaban J connectivity index is 2.22. The monoisotopic (exact) mass is 217 g/mol. The van der Waals surface area contributed by atoms with Gasteiger partial charge in [0.05, 0.1) is 19.0 Å². The Bertz CT molecular complexity index is 528. The summed E-state index contributed by atoms with van der Waals surface area (Å²) in [5.74, 6) is 0.0170. The van der Waals surface area contributed by atoms with E-state index in [0.29, 0.717) is 24.4 Å². The number of aryl methyl sites for hydroxylation is 1. The number of hydrogen-bond acceptors (Lipinski definition) is 4. The molecule has 0 amide bonds. The van der Waals surface area contributed by atoms with E-state index in [0.717, 1.165) is 0 Å². The molecule has 0 atom stereocenters. The number of aromatic nitrogens is 4. The Labute approximate surface area is 91.1 Å². The Morgan fingerprint density at radius 3 is 3.06 bits per heavy atom. The zero-order chi connectivity index (χ0) is 11.4. The van der Waals surface area contributed by atoms with E-state index >= 15 is 0 Å². The van der Waals surface area contributed by atoms with Gasteiger partial charge < -0.3 is 0 Å². The molecule has 5 nitrogen and oxygen atoms in total. The van der Waals surface area contributed by atoms with E-state index in [1.54, 1.807) is 12.1 Å². The third-order valence-corrected chi connectivity index (χ3v) is 1.96. The fourth-order valence-corrected chi connectivity index (χ4v) is 1.23. The molecule has 2 aromatic rings. The number of nitrogens with zero attached hydrogens (tertiary/aromatic N) is 5. The Morgan fingerprint density at radius 1 is 1.44 bits per heavy atom. The van der Waals surface area contributed by atoms with Crippen molar-refractivity contribution in [1.29, 1.82) is 5.26 Å². The summed E-state index contributed by atoms with van der Waals surface area (Å²) in [6, 6.07) is 7.96. The smallest absolute Gasteiger partial charge is 0.205 e. The molecule has 0 fully saturated rings. The van der Waals surface area contributed by atoms with Crippen LogP contribution in [0.4, 0.5) is 4.39 Å². The van der Waals surface area contributed by atoms with Crippen LogP contribution in [0.2, 0.25) is 0 Å². The van der Waals surface area contributed by atoms with Crippen LogP contribution >= 0.6 is 0 Å². The average Bonchev–Trinajstić information content (AvgIpc) is 2.75. The molecule has 0 N–H and O–H groups in total. The molecule has 0 aliphatic heterocycles. The highest BCUT2D eigenvalue weighted by Gasteiger charge is 2.06. The van der Waals surface area contributed by atoms with Crippen LogP contribution < -0.4 is 0 Å². The van der Waals surface area contributed by atoms with Crippen LogP contribution in [0.5, 0.6) is 0 Å². The number of nitriles is 1. The number of tetrazole rings is 1. The lowest BCUT2D eigenvalue weighted by Gasteiger charge is -1.93. The molecular formula is C10H8FN5. The maximum atomic E-state index is 12.9. The van der Waals surface area contributed by atoms with Crippen molar-refractivity contribution in [2.45, 2.75) is 13.0 Å². The second-order valence-corrected chi connectivity index (χ2v) is 3.13. The molecule has 1 aromatic carbocycles. The van der Waals surface area contributed by atoms with Gasteiger partial charge in [0.15, 0.2) is 0 Å². The number of hydrogen-bond donors (Lipinski definition) is 0. The van der Waals surface area contributed by atoms with Gasteiger partial charge in [-0.3, -0.25) is 0 Å². The van der Waals surface area contributed by atoms with Crippen molar-refractivity contribution in [2.24, 2.45) is 0 Å².